The van der Waals surface area contributed by atoms with Gasteiger partial charge in [-0.05, 0) is 49.1 Å². The molecule has 0 radical (unpaired) electrons. The fraction of sp³-hybridized carbons (Fsp3) is 0.458. The van der Waals surface area contributed by atoms with Gasteiger partial charge in [-0.3, -0.25) is 0 Å². The highest BCUT2D eigenvalue weighted by Gasteiger charge is 2.11. The van der Waals surface area contributed by atoms with E-state index in [1.54, 1.807) is 18.2 Å². The van der Waals surface area contributed by atoms with Crippen molar-refractivity contribution in [2.24, 2.45) is 0 Å². The summed E-state index contributed by atoms with van der Waals surface area (Å²) in [6.45, 7) is 4.81. The molecular weight excluding hydrogens is 355 g/mol. The molecule has 0 heterocycles. The van der Waals surface area contributed by atoms with Crippen LogP contribution in [0.2, 0.25) is 0 Å². The lowest BCUT2D eigenvalue weighted by molar-refractivity contribution is 0.0734. The van der Waals surface area contributed by atoms with Gasteiger partial charge >= 0.3 is 5.97 Å². The molecule has 2 aromatic rings. The number of carbonyl (C=O) groups is 1. The number of hydrogen-bond donors (Lipinski definition) is 0. The van der Waals surface area contributed by atoms with E-state index in [4.69, 9.17) is 9.47 Å². The maximum absolute atomic E-state index is 14.2. The van der Waals surface area contributed by atoms with Crippen molar-refractivity contribution in [1.29, 1.82) is 0 Å². The Kier molecular flexibility index (Phi) is 9.53. The Balaban J connectivity index is 1.85. The van der Waals surface area contributed by atoms with Crippen LogP contribution in [0.4, 0.5) is 4.39 Å². The quantitative estimate of drug-likeness (QED) is 0.230. The van der Waals surface area contributed by atoms with Crippen LogP contribution in [0.1, 0.15) is 74.7 Å². The molecule has 2 rings (SSSR count). The minimum atomic E-state index is -0.520. The minimum absolute atomic E-state index is 0.174. The predicted molar refractivity (Wildman–Crippen MR) is 111 cm³/mol. The summed E-state index contributed by atoms with van der Waals surface area (Å²) in [4.78, 5) is 12.3. The molecule has 0 unspecified atom stereocenters. The lowest BCUT2D eigenvalue weighted by Crippen LogP contribution is -2.09. The molecule has 0 atom stereocenters. The van der Waals surface area contributed by atoms with E-state index < -0.39 is 11.8 Å². The summed E-state index contributed by atoms with van der Waals surface area (Å²) < 4.78 is 25.0. The average Bonchev–Trinajstić information content (AvgIpc) is 2.70. The topological polar surface area (TPSA) is 35.5 Å². The van der Waals surface area contributed by atoms with Crippen molar-refractivity contribution in [2.45, 2.75) is 65.2 Å². The molecule has 28 heavy (non-hydrogen) atoms. The number of aryl methyl sites for hydroxylation is 1. The van der Waals surface area contributed by atoms with Gasteiger partial charge in [0, 0.05) is 6.07 Å². The van der Waals surface area contributed by atoms with Crippen LogP contribution in [-0.4, -0.2) is 12.6 Å². The van der Waals surface area contributed by atoms with Crippen molar-refractivity contribution < 1.29 is 18.7 Å². The first-order valence-corrected chi connectivity index (χ1v) is 10.4. The van der Waals surface area contributed by atoms with Gasteiger partial charge in [0.1, 0.15) is 5.75 Å². The number of hydrogen-bond acceptors (Lipinski definition) is 3. The van der Waals surface area contributed by atoms with E-state index in [9.17, 15) is 9.18 Å². The summed E-state index contributed by atoms with van der Waals surface area (Å²) in [5.41, 5.74) is 1.65. The Labute approximate surface area is 167 Å². The van der Waals surface area contributed by atoms with Crippen LogP contribution in [0, 0.1) is 5.82 Å². The second-order valence-corrected chi connectivity index (χ2v) is 7.04. The first-order valence-electron chi connectivity index (χ1n) is 10.4. The van der Waals surface area contributed by atoms with E-state index in [0.29, 0.717) is 12.2 Å². The number of carbonyl (C=O) groups excluding carboxylic acids is 1. The Hall–Kier alpha value is -2.36. The van der Waals surface area contributed by atoms with E-state index in [-0.39, 0.29) is 11.5 Å². The first-order chi connectivity index (χ1) is 13.6. The predicted octanol–water partition coefficient (Wildman–Crippen LogP) is 6.74. The smallest absolute Gasteiger partial charge is 0.343 e. The van der Waals surface area contributed by atoms with Gasteiger partial charge in [0.05, 0.1) is 12.2 Å². The van der Waals surface area contributed by atoms with Gasteiger partial charge < -0.3 is 9.47 Å². The zero-order valence-corrected chi connectivity index (χ0v) is 17.0. The maximum atomic E-state index is 14.2. The van der Waals surface area contributed by atoms with Crippen LogP contribution < -0.4 is 9.47 Å². The van der Waals surface area contributed by atoms with Gasteiger partial charge in [-0.25, -0.2) is 9.18 Å². The fourth-order valence-corrected chi connectivity index (χ4v) is 2.90. The summed E-state index contributed by atoms with van der Waals surface area (Å²) in [5, 5.41) is 0. The Morgan fingerprint density at radius 3 is 2.29 bits per heavy atom. The number of benzene rings is 2. The molecule has 152 valence electrons. The number of unbranched alkanes of at least 4 members (excludes halogenated alkanes) is 5. The summed E-state index contributed by atoms with van der Waals surface area (Å²) in [6.07, 6.45) is 8.83. The zero-order valence-electron chi connectivity index (χ0n) is 17.0. The Bertz CT molecular complexity index is 725. The Morgan fingerprint density at radius 2 is 1.61 bits per heavy atom. The molecule has 0 aliphatic carbocycles. The molecular formula is C24H31FO3. The molecule has 0 fully saturated rings. The van der Waals surface area contributed by atoms with Crippen LogP contribution in [0.25, 0.3) is 0 Å². The first kappa shape index (κ1) is 21.9. The van der Waals surface area contributed by atoms with E-state index >= 15 is 0 Å². The summed E-state index contributed by atoms with van der Waals surface area (Å²) >= 11 is 0. The molecule has 3 nitrogen and oxygen atoms in total. The van der Waals surface area contributed by atoms with E-state index in [1.807, 2.05) is 12.1 Å². The van der Waals surface area contributed by atoms with Crippen LogP contribution in [0.3, 0.4) is 0 Å². The van der Waals surface area contributed by atoms with Crippen LogP contribution in [0.15, 0.2) is 42.5 Å². The molecule has 0 spiro atoms. The molecule has 0 bridgehead atoms. The van der Waals surface area contributed by atoms with Crippen molar-refractivity contribution in [3.8, 4) is 11.5 Å². The van der Waals surface area contributed by atoms with E-state index in [1.165, 1.54) is 37.0 Å². The van der Waals surface area contributed by atoms with Crippen molar-refractivity contribution >= 4 is 5.97 Å². The summed E-state index contributed by atoms with van der Waals surface area (Å²) in [5.74, 6) is -0.650. The molecule has 2 aromatic carbocycles. The number of esters is 1. The van der Waals surface area contributed by atoms with Crippen LogP contribution in [-0.2, 0) is 6.42 Å². The third-order valence-electron chi connectivity index (χ3n) is 4.63. The molecule has 0 N–H and O–H groups in total. The molecule has 0 aliphatic heterocycles. The average molecular weight is 387 g/mol. The third kappa shape index (κ3) is 7.34. The van der Waals surface area contributed by atoms with Crippen molar-refractivity contribution in [2.75, 3.05) is 6.61 Å². The maximum Gasteiger partial charge on any atom is 0.343 e. The SMILES string of the molecule is CCCCCCCOc1ccc(OC(=O)c2ccc(CCCC)cc2)cc1F. The highest BCUT2D eigenvalue weighted by Crippen LogP contribution is 2.24. The van der Waals surface area contributed by atoms with Gasteiger partial charge in [-0.2, -0.15) is 0 Å². The van der Waals surface area contributed by atoms with Crippen LogP contribution in [0.5, 0.6) is 11.5 Å². The van der Waals surface area contributed by atoms with Gasteiger partial charge in [-0.1, -0.05) is 58.1 Å². The lowest BCUT2D eigenvalue weighted by atomic mass is 10.1. The second-order valence-electron chi connectivity index (χ2n) is 7.04. The molecule has 4 heteroatoms. The normalized spacial score (nSPS) is 10.7. The summed E-state index contributed by atoms with van der Waals surface area (Å²) in [7, 11) is 0. The van der Waals surface area contributed by atoms with Gasteiger partial charge in [-0.15, -0.1) is 0 Å². The highest BCUT2D eigenvalue weighted by atomic mass is 19.1. The molecule has 0 saturated carbocycles. The molecule has 0 amide bonds. The Morgan fingerprint density at radius 1 is 0.893 bits per heavy atom. The van der Waals surface area contributed by atoms with Gasteiger partial charge in [0.25, 0.3) is 0 Å². The number of ether oxygens (including phenoxy) is 2. The minimum Gasteiger partial charge on any atom is -0.491 e. The standard InChI is InChI=1S/C24H31FO3/c1-3-5-7-8-9-17-27-23-16-15-21(18-22(23)25)28-24(26)20-13-11-19(12-14-20)10-6-4-2/h11-16,18H,3-10,17H2,1-2H3. The summed E-state index contributed by atoms with van der Waals surface area (Å²) in [6, 6.07) is 11.6. The fourth-order valence-electron chi connectivity index (χ4n) is 2.90. The largest absolute Gasteiger partial charge is 0.491 e. The van der Waals surface area contributed by atoms with E-state index in [2.05, 4.69) is 13.8 Å². The van der Waals surface area contributed by atoms with Crippen LogP contribution >= 0.6 is 0 Å². The number of rotatable bonds is 12. The van der Waals surface area contributed by atoms with Crippen molar-refractivity contribution in [1.82, 2.24) is 0 Å². The number of halogens is 1. The monoisotopic (exact) mass is 386 g/mol. The van der Waals surface area contributed by atoms with Gasteiger partial charge in [0.15, 0.2) is 11.6 Å². The molecule has 0 aromatic heterocycles. The van der Waals surface area contributed by atoms with Crippen molar-refractivity contribution in [3.05, 3.63) is 59.4 Å². The molecule has 0 aliphatic rings. The third-order valence-corrected chi connectivity index (χ3v) is 4.63. The van der Waals surface area contributed by atoms with Gasteiger partial charge in [0.2, 0.25) is 0 Å². The second kappa shape index (κ2) is 12.2. The lowest BCUT2D eigenvalue weighted by Gasteiger charge is -2.09. The molecule has 0 saturated heterocycles. The zero-order chi connectivity index (χ0) is 20.2. The van der Waals surface area contributed by atoms with Crippen molar-refractivity contribution in [3.63, 3.8) is 0 Å². The highest BCUT2D eigenvalue weighted by molar-refractivity contribution is 5.91. The van der Waals surface area contributed by atoms with E-state index in [0.717, 1.165) is 32.1 Å².